The molecule has 36 heavy (non-hydrogen) atoms. The van der Waals surface area contributed by atoms with E-state index in [-0.39, 0.29) is 39.3 Å². The van der Waals surface area contributed by atoms with E-state index in [2.05, 4.69) is 30.7 Å². The molecule has 0 amide bonds. The molecule has 4 N–H and O–H groups in total. The number of aromatic nitrogens is 5. The topological polar surface area (TPSA) is 102 Å². The molecule has 0 unspecified atom stereocenters. The molecule has 0 aliphatic carbocycles. The van der Waals surface area contributed by atoms with Gasteiger partial charge in [0, 0.05) is 17.0 Å². The minimum atomic E-state index is -4.86. The van der Waals surface area contributed by atoms with Crippen molar-refractivity contribution in [1.29, 1.82) is 0 Å². The van der Waals surface area contributed by atoms with Crippen LogP contribution in [0.4, 0.5) is 33.6 Å². The Kier molecular flexibility index (Phi) is 4.62. The van der Waals surface area contributed by atoms with Crippen molar-refractivity contribution < 1.29 is 22.0 Å². The molecule has 0 aliphatic heterocycles. The summed E-state index contributed by atoms with van der Waals surface area (Å²) in [6.45, 7) is 0. The number of pyridine rings is 1. The molecule has 3 aromatic carbocycles. The minimum absolute atomic E-state index is 0.00209. The second kappa shape index (κ2) is 7.63. The van der Waals surface area contributed by atoms with Gasteiger partial charge in [-0.2, -0.15) is 18.3 Å². The van der Waals surface area contributed by atoms with E-state index in [4.69, 9.17) is 0 Å². The van der Waals surface area contributed by atoms with Crippen molar-refractivity contribution in [3.8, 4) is 11.3 Å². The molecule has 0 atom stereocenters. The van der Waals surface area contributed by atoms with Gasteiger partial charge < -0.3 is 5.32 Å². The molecule has 6 rings (SSSR count). The van der Waals surface area contributed by atoms with Crippen LogP contribution < -0.4 is 10.9 Å². The summed E-state index contributed by atoms with van der Waals surface area (Å²) < 4.78 is 70.6. The fourth-order valence-corrected chi connectivity index (χ4v) is 4.32. The largest absolute Gasteiger partial charge is 0.417 e. The van der Waals surface area contributed by atoms with Crippen LogP contribution in [0.25, 0.3) is 43.8 Å². The lowest BCUT2D eigenvalue weighted by molar-refractivity contribution is -0.135. The third-order valence-corrected chi connectivity index (χ3v) is 5.87. The number of fused-ring (bicyclic) bond motifs is 3. The predicted octanol–water partition coefficient (Wildman–Crippen LogP) is 5.99. The summed E-state index contributed by atoms with van der Waals surface area (Å²) in [4.78, 5) is 16.6. The summed E-state index contributed by atoms with van der Waals surface area (Å²) in [5.74, 6) is -1.53. The zero-order valence-corrected chi connectivity index (χ0v) is 17.9. The third kappa shape index (κ3) is 3.37. The van der Waals surface area contributed by atoms with Gasteiger partial charge in [-0.15, -0.1) is 0 Å². The number of nitrogens with one attached hydrogen (secondary N) is 4. The zero-order chi connectivity index (χ0) is 25.2. The molecule has 7 nitrogen and oxygen atoms in total. The quantitative estimate of drug-likeness (QED) is 0.226. The summed E-state index contributed by atoms with van der Waals surface area (Å²) in [5.41, 5.74) is -2.46. The van der Waals surface area contributed by atoms with Gasteiger partial charge in [-0.1, -0.05) is 30.3 Å². The fraction of sp³-hybridized carbons (Fsp3) is 0.0417. The van der Waals surface area contributed by atoms with Gasteiger partial charge in [0.15, 0.2) is 11.6 Å². The lowest BCUT2D eigenvalue weighted by Crippen LogP contribution is -2.13. The van der Waals surface area contributed by atoms with Gasteiger partial charge in [-0.3, -0.25) is 20.1 Å². The molecule has 12 heteroatoms. The molecule has 0 radical (unpaired) electrons. The molecule has 0 bridgehead atoms. The molecule has 3 aromatic heterocycles. The van der Waals surface area contributed by atoms with Gasteiger partial charge in [-0.25, -0.2) is 13.8 Å². The summed E-state index contributed by atoms with van der Waals surface area (Å²) in [5, 5.41) is 14.6. The van der Waals surface area contributed by atoms with Crippen molar-refractivity contribution in [2.24, 2.45) is 0 Å². The molecular weight excluding hydrogens is 483 g/mol. The van der Waals surface area contributed by atoms with Crippen molar-refractivity contribution in [3.63, 3.8) is 0 Å². The smallest absolute Gasteiger partial charge is 0.322 e. The first-order chi connectivity index (χ1) is 17.2. The lowest BCUT2D eigenvalue weighted by atomic mass is 9.98. The zero-order valence-electron chi connectivity index (χ0n) is 17.9. The monoisotopic (exact) mass is 496 g/mol. The Morgan fingerprint density at radius 3 is 2.50 bits per heavy atom. The average Bonchev–Trinajstić information content (AvgIpc) is 3.41. The van der Waals surface area contributed by atoms with E-state index in [1.54, 1.807) is 24.3 Å². The molecule has 0 aliphatic rings. The van der Waals surface area contributed by atoms with Crippen LogP contribution in [-0.4, -0.2) is 25.4 Å². The van der Waals surface area contributed by atoms with Gasteiger partial charge in [0.25, 0.3) is 5.56 Å². The number of anilines is 2. The van der Waals surface area contributed by atoms with Crippen molar-refractivity contribution in [2.75, 3.05) is 5.32 Å². The Balaban J connectivity index is 1.60. The number of H-pyrrole nitrogens is 3. The minimum Gasteiger partial charge on any atom is -0.322 e. The summed E-state index contributed by atoms with van der Waals surface area (Å²) in [7, 11) is 0. The van der Waals surface area contributed by atoms with Crippen LogP contribution in [0.3, 0.4) is 0 Å². The number of nitrogens with zero attached hydrogens (tertiary/aromatic N) is 2. The molecule has 3 heterocycles. The van der Waals surface area contributed by atoms with Crippen LogP contribution in [0, 0.1) is 11.6 Å². The average molecular weight is 496 g/mol. The summed E-state index contributed by atoms with van der Waals surface area (Å²) in [6, 6.07) is 12.6. The Morgan fingerprint density at radius 1 is 0.889 bits per heavy atom. The van der Waals surface area contributed by atoms with E-state index in [0.717, 1.165) is 6.07 Å². The van der Waals surface area contributed by atoms with Gasteiger partial charge in [0.2, 0.25) is 0 Å². The Labute approximate surface area is 197 Å². The lowest BCUT2D eigenvalue weighted by Gasteiger charge is -2.15. The maximum absolute atomic E-state index is 14.2. The van der Waals surface area contributed by atoms with Gasteiger partial charge in [0.05, 0.1) is 27.5 Å². The molecule has 0 saturated heterocycles. The van der Waals surface area contributed by atoms with Crippen LogP contribution in [0.2, 0.25) is 0 Å². The van der Waals surface area contributed by atoms with E-state index in [9.17, 15) is 26.7 Å². The molecular formula is C24H13F5N6O. The Morgan fingerprint density at radius 2 is 1.69 bits per heavy atom. The Bertz CT molecular complexity index is 1870. The molecule has 0 spiro atoms. The maximum atomic E-state index is 14.2. The number of benzene rings is 3. The van der Waals surface area contributed by atoms with E-state index < -0.39 is 34.3 Å². The highest BCUT2D eigenvalue weighted by Crippen LogP contribution is 2.41. The summed E-state index contributed by atoms with van der Waals surface area (Å²) >= 11 is 0. The van der Waals surface area contributed by atoms with E-state index in [1.807, 2.05) is 0 Å². The number of aromatic amines is 3. The number of hydrogen-bond donors (Lipinski definition) is 4. The summed E-state index contributed by atoms with van der Waals surface area (Å²) in [6.07, 6.45) is -4.86. The van der Waals surface area contributed by atoms with Crippen molar-refractivity contribution in [3.05, 3.63) is 82.1 Å². The molecule has 6 aromatic rings. The van der Waals surface area contributed by atoms with Gasteiger partial charge in [-0.05, 0) is 23.6 Å². The predicted molar refractivity (Wildman–Crippen MR) is 124 cm³/mol. The highest BCUT2D eigenvalue weighted by molar-refractivity contribution is 6.00. The normalized spacial score (nSPS) is 12.1. The highest BCUT2D eigenvalue weighted by Gasteiger charge is 2.38. The molecule has 0 saturated carbocycles. The number of alkyl halides is 3. The van der Waals surface area contributed by atoms with Crippen LogP contribution in [0.1, 0.15) is 5.56 Å². The third-order valence-electron chi connectivity index (χ3n) is 5.87. The van der Waals surface area contributed by atoms with E-state index >= 15 is 0 Å². The van der Waals surface area contributed by atoms with Gasteiger partial charge >= 0.3 is 6.18 Å². The maximum Gasteiger partial charge on any atom is 0.417 e. The first-order valence-electron chi connectivity index (χ1n) is 10.5. The number of hydrogen-bond acceptors (Lipinski definition) is 4. The van der Waals surface area contributed by atoms with E-state index in [1.165, 1.54) is 18.2 Å². The Hall–Kier alpha value is -4.74. The van der Waals surface area contributed by atoms with Crippen LogP contribution in [0.15, 0.2) is 59.4 Å². The van der Waals surface area contributed by atoms with Crippen LogP contribution in [-0.2, 0) is 6.18 Å². The highest BCUT2D eigenvalue weighted by atomic mass is 19.4. The molecule has 0 fully saturated rings. The standard InChI is InChI=1S/C24H13F5N6O/c25-11-8-14-20(15(26)9-11)33-34-22(14)31-21-12-4-2-1-3-10(12)7-17(30-21)13-5-6-16-18(23(36)35-32-16)19(13)24(27,28)29/h1-9H,(H2,32,35,36)(H2,30,31,33,34). The second-order valence-electron chi connectivity index (χ2n) is 8.07. The SMILES string of the molecule is O=c1[nH][nH]c2ccc(-c3cc4ccccc4c(Nc4n[nH]c5c(F)cc(F)cc45)n3)c(C(F)(F)F)c12. The van der Waals surface area contributed by atoms with Crippen molar-refractivity contribution in [2.45, 2.75) is 6.18 Å². The first-order valence-corrected chi connectivity index (χ1v) is 10.5. The number of rotatable bonds is 3. The van der Waals surface area contributed by atoms with Crippen molar-refractivity contribution >= 4 is 44.2 Å². The van der Waals surface area contributed by atoms with Crippen LogP contribution in [0.5, 0.6) is 0 Å². The second-order valence-corrected chi connectivity index (χ2v) is 8.07. The van der Waals surface area contributed by atoms with Gasteiger partial charge in [0.1, 0.15) is 17.2 Å². The number of halogens is 5. The fourth-order valence-electron chi connectivity index (χ4n) is 4.32. The van der Waals surface area contributed by atoms with E-state index in [0.29, 0.717) is 16.8 Å². The van der Waals surface area contributed by atoms with Crippen molar-refractivity contribution in [1.82, 2.24) is 25.4 Å². The van der Waals surface area contributed by atoms with Crippen LogP contribution >= 0.6 is 0 Å². The first kappa shape index (κ1) is 21.8. The molecule has 180 valence electrons.